The van der Waals surface area contributed by atoms with Crippen LogP contribution >= 0.6 is 0 Å². The number of ether oxygens (including phenoxy) is 1. The molecule has 0 aliphatic carbocycles. The highest BCUT2D eigenvalue weighted by atomic mass is 16.5. The smallest absolute Gasteiger partial charge is 0.228 e. The van der Waals surface area contributed by atoms with Crippen molar-refractivity contribution in [2.24, 2.45) is 5.92 Å². The summed E-state index contributed by atoms with van der Waals surface area (Å²) >= 11 is 0. The van der Waals surface area contributed by atoms with E-state index in [1.54, 1.807) is 0 Å². The van der Waals surface area contributed by atoms with Crippen molar-refractivity contribution in [1.82, 2.24) is 9.78 Å². The summed E-state index contributed by atoms with van der Waals surface area (Å²) < 4.78 is 8.59. The summed E-state index contributed by atoms with van der Waals surface area (Å²) in [7, 11) is 0. The molecule has 5 nitrogen and oxygen atoms in total. The second-order valence-electron chi connectivity index (χ2n) is 12.8. The molecule has 2 aliphatic rings. The second-order valence-corrected chi connectivity index (χ2v) is 12.8. The molecule has 0 saturated carbocycles. The van der Waals surface area contributed by atoms with Crippen LogP contribution in [-0.4, -0.2) is 21.3 Å². The molecule has 2 atom stereocenters. The topological polar surface area (TPSA) is 56.2 Å². The lowest BCUT2D eigenvalue weighted by atomic mass is 9.74. The van der Waals surface area contributed by atoms with Crippen molar-refractivity contribution in [2.75, 3.05) is 5.32 Å². The number of amides is 1. The van der Waals surface area contributed by atoms with Gasteiger partial charge < -0.3 is 10.1 Å². The van der Waals surface area contributed by atoms with Gasteiger partial charge in [-0.1, -0.05) is 79.0 Å². The largest absolute Gasteiger partial charge is 0.487 e. The van der Waals surface area contributed by atoms with Gasteiger partial charge in [-0.2, -0.15) is 5.10 Å². The van der Waals surface area contributed by atoms with Crippen LogP contribution in [0, 0.1) is 5.92 Å². The molecule has 2 aromatic rings. The van der Waals surface area contributed by atoms with Crippen LogP contribution in [0.25, 0.3) is 0 Å². The quantitative estimate of drug-likeness (QED) is 0.417. The summed E-state index contributed by atoms with van der Waals surface area (Å²) in [4.78, 5) is 12.6. The summed E-state index contributed by atoms with van der Waals surface area (Å²) in [5.74, 6) is 2.08. The Bertz CT molecular complexity index is 1090. The molecule has 1 amide bonds. The number of benzene rings is 1. The molecular weight excluding hydrogens is 434 g/mol. The first-order valence-corrected chi connectivity index (χ1v) is 13.6. The van der Waals surface area contributed by atoms with E-state index >= 15 is 0 Å². The first kappa shape index (κ1) is 25.8. The Morgan fingerprint density at radius 1 is 1.17 bits per heavy atom. The van der Waals surface area contributed by atoms with E-state index < -0.39 is 0 Å². The number of aromatic nitrogens is 2. The van der Waals surface area contributed by atoms with E-state index in [2.05, 4.69) is 76.7 Å². The van der Waals surface area contributed by atoms with Crippen LogP contribution in [-0.2, 0) is 35.0 Å². The molecule has 4 rings (SSSR count). The number of anilines is 1. The third-order valence-corrected chi connectivity index (χ3v) is 7.91. The molecule has 192 valence electrons. The molecule has 3 heterocycles. The minimum absolute atomic E-state index is 0.0204. The molecule has 2 unspecified atom stereocenters. The Morgan fingerprint density at radius 3 is 2.60 bits per heavy atom. The molecule has 35 heavy (non-hydrogen) atoms. The number of aryl methyl sites for hydroxylation is 1. The summed E-state index contributed by atoms with van der Waals surface area (Å²) in [6, 6.07) is 6.69. The number of carbonyl (C=O) groups excluding carboxylic acids is 1. The Morgan fingerprint density at radius 2 is 1.91 bits per heavy atom. The maximum absolute atomic E-state index is 12.6. The predicted molar refractivity (Wildman–Crippen MR) is 143 cm³/mol. The van der Waals surface area contributed by atoms with Gasteiger partial charge in [-0.3, -0.25) is 4.79 Å². The molecule has 2 aliphatic heterocycles. The molecule has 0 saturated heterocycles. The van der Waals surface area contributed by atoms with Crippen LogP contribution < -0.4 is 10.1 Å². The zero-order chi connectivity index (χ0) is 25.6. The standard InChI is InChI=1S/C30H45N3O2/c1-9-10-11-15-30(8,23-14-12-13-21-19-29(6,7)35-24(21)23)16-17-33-26-22(18-20(2)27(34)31-26)25(32-33)28(3,4)5/h12-14,20H,9-11,15-19H2,1-8H3,(H,31,34). The lowest BCUT2D eigenvalue weighted by molar-refractivity contribution is -0.119. The average molecular weight is 480 g/mol. The Hall–Kier alpha value is -2.30. The van der Waals surface area contributed by atoms with Crippen LogP contribution in [0.1, 0.15) is 110 Å². The highest BCUT2D eigenvalue weighted by Crippen LogP contribution is 2.46. The van der Waals surface area contributed by atoms with Gasteiger partial charge in [-0.05, 0) is 44.1 Å². The van der Waals surface area contributed by atoms with Crippen molar-refractivity contribution >= 4 is 11.7 Å². The highest BCUT2D eigenvalue weighted by molar-refractivity contribution is 5.94. The number of hydrogen-bond donors (Lipinski definition) is 1. The number of hydrogen-bond acceptors (Lipinski definition) is 3. The molecule has 5 heteroatoms. The fourth-order valence-electron chi connectivity index (χ4n) is 5.84. The second kappa shape index (κ2) is 9.29. The first-order valence-electron chi connectivity index (χ1n) is 13.6. The molecule has 0 radical (unpaired) electrons. The van der Waals surface area contributed by atoms with Crippen LogP contribution in [0.15, 0.2) is 18.2 Å². The Kier molecular flexibility index (Phi) is 6.85. The van der Waals surface area contributed by atoms with Crippen LogP contribution in [0.3, 0.4) is 0 Å². The fraction of sp³-hybridized carbons (Fsp3) is 0.667. The van der Waals surface area contributed by atoms with Crippen molar-refractivity contribution in [3.05, 3.63) is 40.6 Å². The van der Waals surface area contributed by atoms with E-state index in [4.69, 9.17) is 9.84 Å². The molecule has 0 fully saturated rings. The molecule has 1 N–H and O–H groups in total. The van der Waals surface area contributed by atoms with E-state index in [9.17, 15) is 4.79 Å². The molecule has 1 aromatic heterocycles. The van der Waals surface area contributed by atoms with Crippen LogP contribution in [0.2, 0.25) is 0 Å². The third-order valence-electron chi connectivity index (χ3n) is 7.91. The van der Waals surface area contributed by atoms with E-state index in [0.29, 0.717) is 0 Å². The molecule has 1 aromatic carbocycles. The van der Waals surface area contributed by atoms with E-state index in [1.165, 1.54) is 36.0 Å². The number of carbonyl (C=O) groups is 1. The van der Waals surface area contributed by atoms with Crippen molar-refractivity contribution < 1.29 is 9.53 Å². The minimum atomic E-state index is -0.160. The minimum Gasteiger partial charge on any atom is -0.487 e. The summed E-state index contributed by atoms with van der Waals surface area (Å²) in [6.45, 7) is 18.4. The lowest BCUT2D eigenvalue weighted by Gasteiger charge is -2.33. The summed E-state index contributed by atoms with van der Waals surface area (Å²) in [5.41, 5.74) is 4.70. The monoisotopic (exact) mass is 479 g/mol. The average Bonchev–Trinajstić information content (AvgIpc) is 3.28. The summed E-state index contributed by atoms with van der Waals surface area (Å²) in [6.07, 6.45) is 7.40. The maximum Gasteiger partial charge on any atom is 0.228 e. The van der Waals surface area contributed by atoms with Gasteiger partial charge in [0.25, 0.3) is 0 Å². The zero-order valence-electron chi connectivity index (χ0n) is 23.2. The fourth-order valence-corrected chi connectivity index (χ4v) is 5.84. The third kappa shape index (κ3) is 5.15. The van der Waals surface area contributed by atoms with Crippen molar-refractivity contribution in [3.8, 4) is 5.75 Å². The van der Waals surface area contributed by atoms with Crippen molar-refractivity contribution in [2.45, 2.75) is 123 Å². The van der Waals surface area contributed by atoms with Gasteiger partial charge in [0.15, 0.2) is 0 Å². The number of rotatable bonds is 8. The SMILES string of the molecule is CCCCCC(C)(CCn1nc(C(C)(C)C)c2c1NC(=O)C(C)C2)c1cccc2c1OC(C)(C)C2. The molecule has 0 bridgehead atoms. The Balaban J connectivity index is 1.68. The van der Waals surface area contributed by atoms with Gasteiger partial charge in [-0.25, -0.2) is 4.68 Å². The van der Waals surface area contributed by atoms with Crippen LogP contribution in [0.4, 0.5) is 5.82 Å². The predicted octanol–water partition coefficient (Wildman–Crippen LogP) is 6.95. The van der Waals surface area contributed by atoms with Crippen LogP contribution in [0.5, 0.6) is 5.75 Å². The normalized spacial score (nSPS) is 20.6. The maximum atomic E-state index is 12.6. The number of nitrogens with zero attached hydrogens (tertiary/aromatic N) is 2. The van der Waals surface area contributed by atoms with E-state index in [1.807, 2.05) is 6.92 Å². The zero-order valence-corrected chi connectivity index (χ0v) is 23.2. The highest BCUT2D eigenvalue weighted by Gasteiger charge is 2.38. The van der Waals surface area contributed by atoms with Gasteiger partial charge in [0.05, 0.1) is 5.69 Å². The lowest BCUT2D eigenvalue weighted by Crippen LogP contribution is -2.30. The number of unbranched alkanes of at least 4 members (excludes halogenated alkanes) is 2. The van der Waals surface area contributed by atoms with E-state index in [-0.39, 0.29) is 28.3 Å². The van der Waals surface area contributed by atoms with Gasteiger partial charge in [-0.15, -0.1) is 0 Å². The first-order chi connectivity index (χ1) is 16.3. The van der Waals surface area contributed by atoms with E-state index in [0.717, 1.165) is 49.5 Å². The number of nitrogens with one attached hydrogen (secondary N) is 1. The van der Waals surface area contributed by atoms with Gasteiger partial charge in [0, 0.05) is 35.4 Å². The van der Waals surface area contributed by atoms with Gasteiger partial charge in [0.1, 0.15) is 17.2 Å². The van der Waals surface area contributed by atoms with Crippen molar-refractivity contribution in [1.29, 1.82) is 0 Å². The number of para-hydroxylation sites is 1. The van der Waals surface area contributed by atoms with Gasteiger partial charge in [0.2, 0.25) is 5.91 Å². The number of fused-ring (bicyclic) bond motifs is 2. The molecule has 0 spiro atoms. The summed E-state index contributed by atoms with van der Waals surface area (Å²) in [5, 5.41) is 8.28. The van der Waals surface area contributed by atoms with Crippen molar-refractivity contribution in [3.63, 3.8) is 0 Å². The van der Waals surface area contributed by atoms with Gasteiger partial charge >= 0.3 is 0 Å². The Labute approximate surface area is 212 Å². The molecular formula is C30H45N3O2.